The van der Waals surface area contributed by atoms with Crippen LogP contribution in [-0.4, -0.2) is 10.2 Å². The van der Waals surface area contributed by atoms with Gasteiger partial charge in [0.1, 0.15) is 11.5 Å². The van der Waals surface area contributed by atoms with Crippen molar-refractivity contribution in [3.05, 3.63) is 46.5 Å². The predicted molar refractivity (Wildman–Crippen MR) is 83.5 cm³/mol. The van der Waals surface area contributed by atoms with Crippen LogP contribution in [-0.2, 0) is 0 Å². The van der Waals surface area contributed by atoms with Crippen LogP contribution in [0.5, 0.6) is 11.5 Å². The summed E-state index contributed by atoms with van der Waals surface area (Å²) in [4.78, 5) is 0. The lowest BCUT2D eigenvalue weighted by molar-refractivity contribution is 0.464. The zero-order chi connectivity index (χ0) is 15.0. The highest BCUT2D eigenvalue weighted by Crippen LogP contribution is 2.42. The highest BCUT2D eigenvalue weighted by molar-refractivity contribution is 5.79. The Labute approximate surface area is 120 Å². The van der Waals surface area contributed by atoms with Gasteiger partial charge in [0.25, 0.3) is 0 Å². The molecule has 0 saturated heterocycles. The van der Waals surface area contributed by atoms with E-state index in [2.05, 4.69) is 20.8 Å². The van der Waals surface area contributed by atoms with Crippen molar-refractivity contribution in [2.45, 2.75) is 40.5 Å². The highest BCUT2D eigenvalue weighted by atomic mass is 16.3. The Morgan fingerprint density at radius 2 is 1.50 bits per heavy atom. The molecule has 0 aliphatic carbocycles. The van der Waals surface area contributed by atoms with Crippen LogP contribution in [0.2, 0.25) is 0 Å². The Bertz CT molecular complexity index is 655. The van der Waals surface area contributed by atoms with E-state index in [1.54, 1.807) is 0 Å². The molecule has 2 aromatic carbocycles. The zero-order valence-electron chi connectivity index (χ0n) is 12.8. The molecule has 0 amide bonds. The van der Waals surface area contributed by atoms with Gasteiger partial charge in [-0.15, -0.1) is 0 Å². The third kappa shape index (κ3) is 2.26. The molecule has 2 N–H and O–H groups in total. The molecule has 2 heteroatoms. The predicted octanol–water partition coefficient (Wildman–Crippen LogP) is 4.81. The monoisotopic (exact) mass is 270 g/mol. The Hall–Kier alpha value is -1.96. The molecule has 106 valence electrons. The number of hydrogen-bond acceptors (Lipinski definition) is 2. The molecule has 0 aliphatic rings. The Balaban J connectivity index is 2.74. The number of phenolic OH excluding ortho intramolecular Hbond substituents is 2. The second kappa shape index (κ2) is 5.20. The number of rotatable bonds is 2. The third-order valence-corrected chi connectivity index (χ3v) is 3.91. The van der Waals surface area contributed by atoms with E-state index in [4.69, 9.17) is 0 Å². The standard InChI is InChI=1S/C18H22O2/c1-10(2)16-12(4)9-15(18(20)13(16)5)14-8-6-7-11(3)17(14)19/h6-10,19-20H,1-5H3. The lowest BCUT2D eigenvalue weighted by atomic mass is 9.88. The van der Waals surface area contributed by atoms with E-state index in [0.29, 0.717) is 17.0 Å². The normalized spacial score (nSPS) is 11.1. The van der Waals surface area contributed by atoms with Crippen LogP contribution in [0.25, 0.3) is 11.1 Å². The van der Waals surface area contributed by atoms with Crippen molar-refractivity contribution in [1.82, 2.24) is 0 Å². The van der Waals surface area contributed by atoms with Crippen molar-refractivity contribution in [2.24, 2.45) is 0 Å². The van der Waals surface area contributed by atoms with Gasteiger partial charge in [0, 0.05) is 11.1 Å². The topological polar surface area (TPSA) is 40.5 Å². The van der Waals surface area contributed by atoms with E-state index in [1.165, 1.54) is 5.56 Å². The molecule has 2 rings (SSSR count). The van der Waals surface area contributed by atoms with E-state index in [0.717, 1.165) is 16.7 Å². The first-order valence-electron chi connectivity index (χ1n) is 6.96. The third-order valence-electron chi connectivity index (χ3n) is 3.91. The van der Waals surface area contributed by atoms with Gasteiger partial charge in [0.05, 0.1) is 0 Å². The van der Waals surface area contributed by atoms with Crippen LogP contribution in [0.4, 0.5) is 0 Å². The summed E-state index contributed by atoms with van der Waals surface area (Å²) in [7, 11) is 0. The molecule has 0 fully saturated rings. The molecule has 0 saturated carbocycles. The van der Waals surface area contributed by atoms with Crippen molar-refractivity contribution in [2.75, 3.05) is 0 Å². The number of hydrogen-bond donors (Lipinski definition) is 2. The van der Waals surface area contributed by atoms with Gasteiger partial charge in [-0.3, -0.25) is 0 Å². The molecule has 0 aliphatic heterocycles. The number of phenols is 2. The van der Waals surface area contributed by atoms with Crippen molar-refractivity contribution < 1.29 is 10.2 Å². The van der Waals surface area contributed by atoms with Gasteiger partial charge in [-0.2, -0.15) is 0 Å². The first-order valence-corrected chi connectivity index (χ1v) is 6.96. The summed E-state index contributed by atoms with van der Waals surface area (Å²) in [5, 5.41) is 20.7. The quantitative estimate of drug-likeness (QED) is 0.821. The lowest BCUT2D eigenvalue weighted by Crippen LogP contribution is -1.98. The number of para-hydroxylation sites is 1. The molecule has 2 nitrogen and oxygen atoms in total. The van der Waals surface area contributed by atoms with Crippen molar-refractivity contribution in [3.63, 3.8) is 0 Å². The lowest BCUT2D eigenvalue weighted by Gasteiger charge is -2.19. The molecule has 20 heavy (non-hydrogen) atoms. The minimum Gasteiger partial charge on any atom is -0.507 e. The average molecular weight is 270 g/mol. The first kappa shape index (κ1) is 14.4. The van der Waals surface area contributed by atoms with Gasteiger partial charge in [0.2, 0.25) is 0 Å². The summed E-state index contributed by atoms with van der Waals surface area (Å²) in [6.45, 7) is 10.1. The van der Waals surface area contributed by atoms with Crippen molar-refractivity contribution in [1.29, 1.82) is 0 Å². The summed E-state index contributed by atoms with van der Waals surface area (Å²) in [6, 6.07) is 7.56. The van der Waals surface area contributed by atoms with E-state index in [1.807, 2.05) is 38.1 Å². The van der Waals surface area contributed by atoms with Gasteiger partial charge < -0.3 is 10.2 Å². The van der Waals surface area contributed by atoms with Crippen LogP contribution in [0.15, 0.2) is 24.3 Å². The second-order valence-electron chi connectivity index (χ2n) is 5.75. The minimum absolute atomic E-state index is 0.235. The summed E-state index contributed by atoms with van der Waals surface area (Å²) < 4.78 is 0. The maximum absolute atomic E-state index is 10.5. The summed E-state index contributed by atoms with van der Waals surface area (Å²) >= 11 is 0. The van der Waals surface area contributed by atoms with Gasteiger partial charge in [0.15, 0.2) is 0 Å². The van der Waals surface area contributed by atoms with E-state index < -0.39 is 0 Å². The van der Waals surface area contributed by atoms with Crippen LogP contribution < -0.4 is 0 Å². The smallest absolute Gasteiger partial charge is 0.126 e. The minimum atomic E-state index is 0.235. The zero-order valence-corrected chi connectivity index (χ0v) is 12.8. The fraction of sp³-hybridized carbons (Fsp3) is 0.333. The molecular weight excluding hydrogens is 248 g/mol. The molecule has 2 aromatic rings. The van der Waals surface area contributed by atoms with E-state index in [-0.39, 0.29) is 11.5 Å². The highest BCUT2D eigenvalue weighted by Gasteiger charge is 2.18. The SMILES string of the molecule is Cc1cccc(-c2cc(C)c(C(C)C)c(C)c2O)c1O. The van der Waals surface area contributed by atoms with Crippen LogP contribution in [0, 0.1) is 20.8 Å². The summed E-state index contributed by atoms with van der Waals surface area (Å²) in [5.74, 6) is 0.861. The van der Waals surface area contributed by atoms with E-state index in [9.17, 15) is 10.2 Å². The summed E-state index contributed by atoms with van der Waals surface area (Å²) in [5.41, 5.74) is 5.42. The Kier molecular flexibility index (Phi) is 3.76. The van der Waals surface area contributed by atoms with Crippen molar-refractivity contribution >= 4 is 0 Å². The average Bonchev–Trinajstić information content (AvgIpc) is 2.37. The number of aromatic hydroxyl groups is 2. The fourth-order valence-electron chi connectivity index (χ4n) is 2.96. The molecule has 0 bridgehead atoms. The molecular formula is C18H22O2. The Morgan fingerprint density at radius 1 is 0.850 bits per heavy atom. The van der Waals surface area contributed by atoms with Crippen LogP contribution in [0.1, 0.15) is 42.0 Å². The van der Waals surface area contributed by atoms with Crippen LogP contribution >= 0.6 is 0 Å². The van der Waals surface area contributed by atoms with Gasteiger partial charge >= 0.3 is 0 Å². The first-order chi connectivity index (χ1) is 9.34. The maximum atomic E-state index is 10.5. The molecule has 0 atom stereocenters. The van der Waals surface area contributed by atoms with Gasteiger partial charge in [-0.1, -0.05) is 32.0 Å². The van der Waals surface area contributed by atoms with E-state index >= 15 is 0 Å². The fourth-order valence-corrected chi connectivity index (χ4v) is 2.96. The van der Waals surface area contributed by atoms with Gasteiger partial charge in [-0.05, 0) is 55.0 Å². The number of benzene rings is 2. The molecule has 0 spiro atoms. The summed E-state index contributed by atoms with van der Waals surface area (Å²) in [6.07, 6.45) is 0. The van der Waals surface area contributed by atoms with Crippen LogP contribution in [0.3, 0.4) is 0 Å². The molecule has 0 unspecified atom stereocenters. The largest absolute Gasteiger partial charge is 0.507 e. The van der Waals surface area contributed by atoms with Gasteiger partial charge in [-0.25, -0.2) is 0 Å². The second-order valence-corrected chi connectivity index (χ2v) is 5.75. The molecule has 0 heterocycles. The Morgan fingerprint density at radius 3 is 2.10 bits per heavy atom. The molecule has 0 radical (unpaired) electrons. The number of aryl methyl sites for hydroxylation is 2. The van der Waals surface area contributed by atoms with Crippen molar-refractivity contribution in [3.8, 4) is 22.6 Å². The molecule has 0 aromatic heterocycles. The maximum Gasteiger partial charge on any atom is 0.126 e.